The lowest BCUT2D eigenvalue weighted by Crippen LogP contribution is -2.24. The van der Waals surface area contributed by atoms with Gasteiger partial charge in [0.2, 0.25) is 5.91 Å². The average molecular weight is 373 g/mol. The molecule has 0 saturated carbocycles. The van der Waals surface area contributed by atoms with Crippen molar-refractivity contribution in [3.05, 3.63) is 78.1 Å². The summed E-state index contributed by atoms with van der Waals surface area (Å²) in [5.41, 5.74) is 3.75. The second-order valence-corrected chi connectivity index (χ2v) is 6.85. The first kappa shape index (κ1) is 18.0. The van der Waals surface area contributed by atoms with Crippen LogP contribution in [0, 0.1) is 0 Å². The van der Waals surface area contributed by atoms with Gasteiger partial charge in [0, 0.05) is 30.9 Å². The van der Waals surface area contributed by atoms with Gasteiger partial charge in [-0.1, -0.05) is 37.3 Å². The Morgan fingerprint density at radius 1 is 1.21 bits per heavy atom. The van der Waals surface area contributed by atoms with Crippen LogP contribution in [0.5, 0.6) is 0 Å². The molecule has 0 radical (unpaired) electrons. The molecule has 0 unspecified atom stereocenters. The van der Waals surface area contributed by atoms with Gasteiger partial charge < -0.3 is 14.9 Å². The van der Waals surface area contributed by atoms with Crippen LogP contribution in [0.15, 0.2) is 60.9 Å². The van der Waals surface area contributed by atoms with Crippen LogP contribution in [0.1, 0.15) is 37.1 Å². The summed E-state index contributed by atoms with van der Waals surface area (Å²) in [6.45, 7) is 3.91. The van der Waals surface area contributed by atoms with E-state index in [1.165, 1.54) is 5.56 Å². The Labute approximate surface area is 163 Å². The van der Waals surface area contributed by atoms with Crippen molar-refractivity contribution in [1.29, 1.82) is 0 Å². The number of nitrogens with zero attached hydrogens (tertiary/aromatic N) is 3. The molecule has 4 aromatic rings. The molecule has 0 aliphatic carbocycles. The third-order valence-corrected chi connectivity index (χ3v) is 4.87. The molecule has 1 atom stereocenters. The van der Waals surface area contributed by atoms with Crippen molar-refractivity contribution in [2.24, 2.45) is 0 Å². The fourth-order valence-electron chi connectivity index (χ4n) is 3.36. The van der Waals surface area contributed by atoms with E-state index in [0.717, 1.165) is 41.2 Å². The number of anilines is 1. The monoisotopic (exact) mass is 373 g/mol. The topological polar surface area (TPSA) is 75.6 Å². The van der Waals surface area contributed by atoms with E-state index in [1.54, 1.807) is 6.20 Å². The predicted octanol–water partition coefficient (Wildman–Crippen LogP) is 4.11. The van der Waals surface area contributed by atoms with Crippen LogP contribution < -0.4 is 5.32 Å². The predicted molar refractivity (Wildman–Crippen MR) is 110 cm³/mol. The molecule has 0 fully saturated rings. The normalized spacial score (nSPS) is 12.2. The van der Waals surface area contributed by atoms with Gasteiger partial charge in [0.1, 0.15) is 17.7 Å². The van der Waals surface area contributed by atoms with E-state index in [4.69, 9.17) is 0 Å². The molecule has 6 heteroatoms. The quantitative estimate of drug-likeness (QED) is 0.534. The SMILES string of the molecule is CCc1nccn1[C@H](C)C(=O)Nc1ccc2nc(Cc3ccccc3)[nH]c2c1. The fourth-order valence-corrected chi connectivity index (χ4v) is 3.36. The van der Waals surface area contributed by atoms with Crippen molar-refractivity contribution in [1.82, 2.24) is 19.5 Å². The smallest absolute Gasteiger partial charge is 0.247 e. The highest BCUT2D eigenvalue weighted by Gasteiger charge is 2.17. The second kappa shape index (κ2) is 7.68. The van der Waals surface area contributed by atoms with E-state index < -0.39 is 0 Å². The van der Waals surface area contributed by atoms with Crippen molar-refractivity contribution < 1.29 is 4.79 Å². The van der Waals surface area contributed by atoms with Crippen molar-refractivity contribution in [2.75, 3.05) is 5.32 Å². The molecule has 4 rings (SSSR count). The molecule has 1 amide bonds. The van der Waals surface area contributed by atoms with Gasteiger partial charge in [0.05, 0.1) is 11.0 Å². The number of carbonyl (C=O) groups excluding carboxylic acids is 1. The maximum Gasteiger partial charge on any atom is 0.247 e. The van der Waals surface area contributed by atoms with Crippen LogP contribution in [-0.4, -0.2) is 25.4 Å². The highest BCUT2D eigenvalue weighted by molar-refractivity contribution is 5.95. The van der Waals surface area contributed by atoms with E-state index in [-0.39, 0.29) is 11.9 Å². The highest BCUT2D eigenvalue weighted by atomic mass is 16.2. The van der Waals surface area contributed by atoms with Gasteiger partial charge in [-0.05, 0) is 30.7 Å². The highest BCUT2D eigenvalue weighted by Crippen LogP contribution is 2.20. The number of aromatic nitrogens is 4. The first-order chi connectivity index (χ1) is 13.6. The zero-order chi connectivity index (χ0) is 19.5. The molecule has 2 aromatic heterocycles. The molecule has 28 heavy (non-hydrogen) atoms. The number of amides is 1. The number of hydrogen-bond donors (Lipinski definition) is 2. The molecule has 2 heterocycles. The van der Waals surface area contributed by atoms with Gasteiger partial charge in [0.25, 0.3) is 0 Å². The number of H-pyrrole nitrogens is 1. The number of imidazole rings is 2. The van der Waals surface area contributed by atoms with E-state index in [9.17, 15) is 4.79 Å². The minimum Gasteiger partial charge on any atom is -0.342 e. The van der Waals surface area contributed by atoms with Crippen LogP contribution in [0.4, 0.5) is 5.69 Å². The Balaban J connectivity index is 1.50. The summed E-state index contributed by atoms with van der Waals surface area (Å²) >= 11 is 0. The van der Waals surface area contributed by atoms with Gasteiger partial charge in [-0.3, -0.25) is 4.79 Å². The first-order valence-corrected chi connectivity index (χ1v) is 9.49. The van der Waals surface area contributed by atoms with E-state index in [1.807, 2.05) is 61.0 Å². The standard InChI is InChI=1S/C22H23N5O/c1-3-21-23-11-12-27(21)15(2)22(28)24-17-9-10-18-19(14-17)26-20(25-18)13-16-7-5-4-6-8-16/h4-12,14-15H,3,13H2,1-2H3,(H,24,28)(H,25,26)/t15-/m1/s1. The Bertz CT molecular complexity index is 1100. The number of fused-ring (bicyclic) bond motifs is 1. The first-order valence-electron chi connectivity index (χ1n) is 9.49. The summed E-state index contributed by atoms with van der Waals surface area (Å²) in [7, 11) is 0. The third kappa shape index (κ3) is 3.67. The number of nitrogens with one attached hydrogen (secondary N) is 2. The average Bonchev–Trinajstić information content (AvgIpc) is 3.33. The molecule has 2 aromatic carbocycles. The van der Waals surface area contributed by atoms with Crippen LogP contribution in [0.2, 0.25) is 0 Å². The van der Waals surface area contributed by atoms with Crippen LogP contribution in [0.3, 0.4) is 0 Å². The fraction of sp³-hybridized carbons (Fsp3) is 0.227. The maximum absolute atomic E-state index is 12.7. The third-order valence-electron chi connectivity index (χ3n) is 4.87. The molecule has 0 spiro atoms. The largest absolute Gasteiger partial charge is 0.342 e. The van der Waals surface area contributed by atoms with Crippen LogP contribution in [0.25, 0.3) is 11.0 Å². The molecule has 2 N–H and O–H groups in total. The summed E-state index contributed by atoms with van der Waals surface area (Å²) in [6.07, 6.45) is 5.11. The number of hydrogen-bond acceptors (Lipinski definition) is 3. The molecule has 142 valence electrons. The molecule has 0 bridgehead atoms. The number of rotatable bonds is 6. The Kier molecular flexibility index (Phi) is 4.93. The van der Waals surface area contributed by atoms with Crippen LogP contribution in [-0.2, 0) is 17.6 Å². The van der Waals surface area contributed by atoms with Gasteiger partial charge >= 0.3 is 0 Å². The minimum atomic E-state index is -0.330. The lowest BCUT2D eigenvalue weighted by Gasteiger charge is -2.15. The Hall–Kier alpha value is -3.41. The van der Waals surface area contributed by atoms with Crippen molar-refractivity contribution in [3.8, 4) is 0 Å². The zero-order valence-electron chi connectivity index (χ0n) is 16.0. The van der Waals surface area contributed by atoms with Crippen molar-refractivity contribution in [3.63, 3.8) is 0 Å². The van der Waals surface area contributed by atoms with E-state index >= 15 is 0 Å². The number of benzene rings is 2. The molecular weight excluding hydrogens is 350 g/mol. The maximum atomic E-state index is 12.7. The molecule has 0 saturated heterocycles. The number of carbonyl (C=O) groups is 1. The summed E-state index contributed by atoms with van der Waals surface area (Å²) in [4.78, 5) is 25.0. The summed E-state index contributed by atoms with van der Waals surface area (Å²) in [5.74, 6) is 1.73. The molecule has 0 aliphatic heterocycles. The zero-order valence-corrected chi connectivity index (χ0v) is 16.0. The Morgan fingerprint density at radius 2 is 2.04 bits per heavy atom. The van der Waals surface area contributed by atoms with Gasteiger partial charge in [-0.15, -0.1) is 0 Å². The minimum absolute atomic E-state index is 0.0731. The van der Waals surface area contributed by atoms with E-state index in [2.05, 4.69) is 32.4 Å². The number of aryl methyl sites for hydroxylation is 1. The second-order valence-electron chi connectivity index (χ2n) is 6.85. The lowest BCUT2D eigenvalue weighted by atomic mass is 10.1. The van der Waals surface area contributed by atoms with Gasteiger partial charge in [-0.25, -0.2) is 9.97 Å². The van der Waals surface area contributed by atoms with Gasteiger partial charge in [-0.2, -0.15) is 0 Å². The summed E-state index contributed by atoms with van der Waals surface area (Å²) in [6, 6.07) is 15.6. The molecule has 0 aliphatic rings. The molecule has 6 nitrogen and oxygen atoms in total. The summed E-state index contributed by atoms with van der Waals surface area (Å²) in [5, 5.41) is 3.00. The summed E-state index contributed by atoms with van der Waals surface area (Å²) < 4.78 is 1.90. The van der Waals surface area contributed by atoms with Crippen molar-refractivity contribution >= 4 is 22.6 Å². The van der Waals surface area contributed by atoms with Gasteiger partial charge in [0.15, 0.2) is 0 Å². The van der Waals surface area contributed by atoms with E-state index in [0.29, 0.717) is 0 Å². The van der Waals surface area contributed by atoms with Crippen molar-refractivity contribution in [2.45, 2.75) is 32.7 Å². The number of aromatic amines is 1. The lowest BCUT2D eigenvalue weighted by molar-refractivity contribution is -0.118. The Morgan fingerprint density at radius 3 is 2.82 bits per heavy atom. The van der Waals surface area contributed by atoms with Crippen LogP contribution >= 0.6 is 0 Å². The molecular formula is C22H23N5O.